The molecule has 0 bridgehead atoms. The second-order valence-corrected chi connectivity index (χ2v) is 3.31. The molecule has 0 aliphatic carbocycles. The quantitative estimate of drug-likeness (QED) is 0.635. The highest BCUT2D eigenvalue weighted by Crippen LogP contribution is 2.07. The van der Waals surface area contributed by atoms with Crippen LogP contribution in [0.1, 0.15) is 26.2 Å². The van der Waals surface area contributed by atoms with Gasteiger partial charge >= 0.3 is 11.9 Å². The summed E-state index contributed by atoms with van der Waals surface area (Å²) in [5, 5.41) is 17.4. The first kappa shape index (κ1) is 12.9. The van der Waals surface area contributed by atoms with Gasteiger partial charge in [0, 0.05) is 0 Å². The Balaban J connectivity index is 4.18. The van der Waals surface area contributed by atoms with Gasteiger partial charge in [-0.25, -0.2) is 0 Å². The van der Waals surface area contributed by atoms with Crippen molar-refractivity contribution in [3.63, 3.8) is 0 Å². The van der Waals surface area contributed by atoms with Gasteiger partial charge in [0.15, 0.2) is 0 Å². The van der Waals surface area contributed by atoms with Crippen LogP contribution in [0, 0.1) is 0 Å². The van der Waals surface area contributed by atoms with E-state index in [4.69, 9.17) is 10.2 Å². The molecule has 0 fully saturated rings. The third kappa shape index (κ3) is 4.81. The van der Waals surface area contributed by atoms with Gasteiger partial charge in [0.1, 0.15) is 6.04 Å². The normalized spacial score (nSPS) is 12.8. The summed E-state index contributed by atoms with van der Waals surface area (Å²) in [5.41, 5.74) is 0. The average molecular weight is 203 g/mol. The maximum absolute atomic E-state index is 10.8. The lowest BCUT2D eigenvalue weighted by Crippen LogP contribution is -2.41. The molecule has 82 valence electrons. The Morgan fingerprint density at radius 3 is 2.29 bits per heavy atom. The van der Waals surface area contributed by atoms with Crippen LogP contribution in [0.25, 0.3) is 0 Å². The highest BCUT2D eigenvalue weighted by atomic mass is 16.4. The van der Waals surface area contributed by atoms with E-state index in [-0.39, 0.29) is 6.54 Å². The van der Waals surface area contributed by atoms with E-state index in [0.29, 0.717) is 6.42 Å². The molecule has 0 spiro atoms. The SMILES string of the molecule is CCCCC(C(=O)O)N(C)CC(=O)O. The molecule has 0 saturated carbocycles. The van der Waals surface area contributed by atoms with Crippen molar-refractivity contribution in [2.24, 2.45) is 0 Å². The molecule has 14 heavy (non-hydrogen) atoms. The van der Waals surface area contributed by atoms with E-state index in [0.717, 1.165) is 12.8 Å². The van der Waals surface area contributed by atoms with Crippen molar-refractivity contribution in [2.45, 2.75) is 32.2 Å². The summed E-state index contributed by atoms with van der Waals surface area (Å²) >= 11 is 0. The molecule has 0 rings (SSSR count). The van der Waals surface area contributed by atoms with Crippen molar-refractivity contribution in [2.75, 3.05) is 13.6 Å². The Kier molecular flexibility index (Phi) is 5.87. The van der Waals surface area contributed by atoms with Gasteiger partial charge in [0.2, 0.25) is 0 Å². The Bertz CT molecular complexity index is 205. The molecule has 5 nitrogen and oxygen atoms in total. The number of hydrogen-bond donors (Lipinski definition) is 2. The van der Waals surface area contributed by atoms with Crippen LogP contribution in [-0.4, -0.2) is 46.7 Å². The van der Waals surface area contributed by atoms with Crippen LogP contribution in [0.4, 0.5) is 0 Å². The lowest BCUT2D eigenvalue weighted by molar-refractivity contribution is -0.145. The summed E-state index contributed by atoms with van der Waals surface area (Å²) in [5.74, 6) is -1.96. The zero-order valence-electron chi connectivity index (χ0n) is 8.56. The minimum absolute atomic E-state index is 0.235. The first-order chi connectivity index (χ1) is 6.49. The van der Waals surface area contributed by atoms with Crippen molar-refractivity contribution < 1.29 is 19.8 Å². The van der Waals surface area contributed by atoms with E-state index < -0.39 is 18.0 Å². The molecule has 0 aromatic heterocycles. The van der Waals surface area contributed by atoms with Crippen LogP contribution in [0.5, 0.6) is 0 Å². The standard InChI is InChI=1S/C9H17NO4/c1-3-4-5-7(9(13)14)10(2)6-8(11)12/h7H,3-6H2,1-2H3,(H,11,12)(H,13,14). The first-order valence-corrected chi connectivity index (χ1v) is 4.63. The van der Waals surface area contributed by atoms with Crippen molar-refractivity contribution in [1.82, 2.24) is 4.90 Å². The number of carboxylic acids is 2. The number of carboxylic acid groups (broad SMARTS) is 2. The number of rotatable bonds is 7. The van der Waals surface area contributed by atoms with Gasteiger partial charge in [-0.15, -0.1) is 0 Å². The van der Waals surface area contributed by atoms with Gasteiger partial charge in [0.05, 0.1) is 6.54 Å². The minimum atomic E-state index is -1.00. The maximum atomic E-state index is 10.8. The van der Waals surface area contributed by atoms with Crippen LogP contribution < -0.4 is 0 Å². The predicted octanol–water partition coefficient (Wildman–Crippen LogP) is 0.646. The molecule has 0 radical (unpaired) electrons. The molecule has 5 heteroatoms. The topological polar surface area (TPSA) is 77.8 Å². The molecule has 0 aromatic carbocycles. The summed E-state index contributed by atoms with van der Waals surface area (Å²) in [6.07, 6.45) is 2.20. The minimum Gasteiger partial charge on any atom is -0.480 e. The third-order valence-electron chi connectivity index (χ3n) is 2.03. The number of carbonyl (C=O) groups is 2. The van der Waals surface area contributed by atoms with E-state index in [2.05, 4.69) is 0 Å². The molecule has 0 aliphatic rings. The van der Waals surface area contributed by atoms with Gasteiger partial charge in [0.25, 0.3) is 0 Å². The van der Waals surface area contributed by atoms with Crippen LogP contribution in [0.15, 0.2) is 0 Å². The summed E-state index contributed by atoms with van der Waals surface area (Å²) in [7, 11) is 1.52. The van der Waals surface area contributed by atoms with Gasteiger partial charge < -0.3 is 10.2 Å². The Morgan fingerprint density at radius 2 is 1.93 bits per heavy atom. The van der Waals surface area contributed by atoms with Crippen LogP contribution in [-0.2, 0) is 9.59 Å². The van der Waals surface area contributed by atoms with Crippen molar-refractivity contribution in [3.05, 3.63) is 0 Å². The van der Waals surface area contributed by atoms with Gasteiger partial charge in [-0.2, -0.15) is 0 Å². The molecule has 1 atom stereocenters. The number of likely N-dealkylation sites (N-methyl/N-ethyl adjacent to an activating group) is 1. The van der Waals surface area contributed by atoms with Crippen LogP contribution in [0.3, 0.4) is 0 Å². The van der Waals surface area contributed by atoms with Crippen molar-refractivity contribution in [1.29, 1.82) is 0 Å². The lowest BCUT2D eigenvalue weighted by atomic mass is 10.1. The number of aliphatic carboxylic acids is 2. The fraction of sp³-hybridized carbons (Fsp3) is 0.778. The van der Waals surface area contributed by atoms with E-state index >= 15 is 0 Å². The van der Waals surface area contributed by atoms with E-state index in [1.807, 2.05) is 6.92 Å². The van der Waals surface area contributed by atoms with Crippen LogP contribution >= 0.6 is 0 Å². The largest absolute Gasteiger partial charge is 0.480 e. The molecule has 0 aliphatic heterocycles. The Hall–Kier alpha value is -1.10. The van der Waals surface area contributed by atoms with Crippen LogP contribution in [0.2, 0.25) is 0 Å². The molecule has 0 heterocycles. The molecule has 2 N–H and O–H groups in total. The number of unbranched alkanes of at least 4 members (excludes halogenated alkanes) is 1. The zero-order valence-corrected chi connectivity index (χ0v) is 8.56. The number of nitrogens with zero attached hydrogens (tertiary/aromatic N) is 1. The van der Waals surface area contributed by atoms with Crippen molar-refractivity contribution in [3.8, 4) is 0 Å². The zero-order chi connectivity index (χ0) is 11.1. The fourth-order valence-corrected chi connectivity index (χ4v) is 1.25. The maximum Gasteiger partial charge on any atom is 0.320 e. The first-order valence-electron chi connectivity index (χ1n) is 4.63. The van der Waals surface area contributed by atoms with E-state index in [9.17, 15) is 9.59 Å². The summed E-state index contributed by atoms with van der Waals surface area (Å²) in [6, 6.07) is -0.689. The molecule has 1 unspecified atom stereocenters. The Labute approximate surface area is 83.3 Å². The lowest BCUT2D eigenvalue weighted by Gasteiger charge is -2.22. The number of hydrogen-bond acceptors (Lipinski definition) is 3. The van der Waals surface area contributed by atoms with E-state index in [1.165, 1.54) is 11.9 Å². The molecule has 0 aromatic rings. The average Bonchev–Trinajstić information content (AvgIpc) is 2.02. The highest BCUT2D eigenvalue weighted by Gasteiger charge is 2.23. The third-order valence-corrected chi connectivity index (χ3v) is 2.03. The molecule has 0 amide bonds. The predicted molar refractivity (Wildman–Crippen MR) is 51.2 cm³/mol. The Morgan fingerprint density at radius 1 is 1.36 bits per heavy atom. The van der Waals surface area contributed by atoms with E-state index in [1.54, 1.807) is 0 Å². The summed E-state index contributed by atoms with van der Waals surface area (Å²) < 4.78 is 0. The fourth-order valence-electron chi connectivity index (χ4n) is 1.25. The van der Waals surface area contributed by atoms with Gasteiger partial charge in [-0.1, -0.05) is 19.8 Å². The summed E-state index contributed by atoms with van der Waals surface area (Å²) in [6.45, 7) is 1.73. The highest BCUT2D eigenvalue weighted by molar-refractivity contribution is 5.75. The smallest absolute Gasteiger partial charge is 0.320 e. The van der Waals surface area contributed by atoms with Gasteiger partial charge in [-0.05, 0) is 13.5 Å². The summed E-state index contributed by atoms with van der Waals surface area (Å²) in [4.78, 5) is 22.5. The monoisotopic (exact) mass is 203 g/mol. The van der Waals surface area contributed by atoms with Crippen molar-refractivity contribution >= 4 is 11.9 Å². The molecule has 0 saturated heterocycles. The van der Waals surface area contributed by atoms with Gasteiger partial charge in [-0.3, -0.25) is 14.5 Å². The second kappa shape index (κ2) is 6.37. The molecular formula is C9H17NO4. The second-order valence-electron chi connectivity index (χ2n) is 3.31. The molecular weight excluding hydrogens is 186 g/mol.